The quantitative estimate of drug-likeness (QED) is 0.782. The van der Waals surface area contributed by atoms with E-state index in [0.29, 0.717) is 15.7 Å². The summed E-state index contributed by atoms with van der Waals surface area (Å²) in [6.07, 6.45) is 3.34. The lowest BCUT2D eigenvalue weighted by Gasteiger charge is -2.00. The van der Waals surface area contributed by atoms with Gasteiger partial charge in [-0.05, 0) is 13.0 Å². The number of ketones is 1. The van der Waals surface area contributed by atoms with Gasteiger partial charge in [0.25, 0.3) is 0 Å². The third-order valence-corrected chi connectivity index (χ3v) is 3.47. The largest absolute Gasteiger partial charge is 0.293 e. The molecule has 0 aliphatic heterocycles. The molecule has 0 saturated heterocycles. The van der Waals surface area contributed by atoms with Crippen LogP contribution in [0.1, 0.15) is 29.2 Å². The van der Waals surface area contributed by atoms with Crippen LogP contribution in [-0.4, -0.2) is 20.7 Å². The average Bonchev–Trinajstić information content (AvgIpc) is 2.71. The van der Waals surface area contributed by atoms with E-state index in [4.69, 9.17) is 0 Å². The Bertz CT molecular complexity index is 534. The lowest BCUT2D eigenvalue weighted by Crippen LogP contribution is -2.06. The van der Waals surface area contributed by atoms with Gasteiger partial charge in [-0.15, -0.1) is 11.3 Å². The van der Waals surface area contributed by atoms with Crippen molar-refractivity contribution in [1.29, 1.82) is 0 Å². The molecule has 0 atom stereocenters. The van der Waals surface area contributed by atoms with Gasteiger partial charge in [0, 0.05) is 18.3 Å². The second-order valence-corrected chi connectivity index (χ2v) is 5.02. The van der Waals surface area contributed by atoms with Crippen LogP contribution >= 0.6 is 11.3 Å². The van der Waals surface area contributed by atoms with Gasteiger partial charge in [0.15, 0.2) is 16.6 Å². The summed E-state index contributed by atoms with van der Waals surface area (Å²) < 4.78 is 0. The fourth-order valence-corrected chi connectivity index (χ4v) is 2.49. The Balaban J connectivity index is 2.41. The van der Waals surface area contributed by atoms with Crippen LogP contribution in [0.5, 0.6) is 0 Å². The first-order valence-corrected chi connectivity index (χ1v) is 6.20. The van der Waals surface area contributed by atoms with Crippen LogP contribution in [0.25, 0.3) is 10.8 Å². The van der Waals surface area contributed by atoms with Crippen LogP contribution in [0.2, 0.25) is 0 Å². The van der Waals surface area contributed by atoms with Gasteiger partial charge in [0.05, 0.1) is 10.6 Å². The van der Waals surface area contributed by atoms with Crippen molar-refractivity contribution >= 4 is 17.1 Å². The van der Waals surface area contributed by atoms with Crippen LogP contribution in [0, 0.1) is 12.8 Å². The summed E-state index contributed by atoms with van der Waals surface area (Å²) in [7, 11) is 0. The molecule has 0 aromatic carbocycles. The molecule has 0 aliphatic rings. The fraction of sp³-hybridized carbons (Fsp3) is 0.333. The molecule has 4 nitrogen and oxygen atoms in total. The summed E-state index contributed by atoms with van der Waals surface area (Å²) in [4.78, 5) is 25.3. The minimum Gasteiger partial charge on any atom is -0.293 e. The maximum Gasteiger partial charge on any atom is 0.188 e. The van der Waals surface area contributed by atoms with E-state index in [1.807, 2.05) is 20.8 Å². The van der Waals surface area contributed by atoms with Gasteiger partial charge < -0.3 is 0 Å². The van der Waals surface area contributed by atoms with Crippen LogP contribution in [-0.2, 0) is 0 Å². The minimum absolute atomic E-state index is 0.0151. The van der Waals surface area contributed by atoms with E-state index in [1.54, 1.807) is 18.5 Å². The molecule has 0 spiro atoms. The van der Waals surface area contributed by atoms with Crippen molar-refractivity contribution in [2.24, 2.45) is 5.92 Å². The normalized spacial score (nSPS) is 10.8. The maximum absolute atomic E-state index is 11.9. The van der Waals surface area contributed by atoms with Crippen LogP contribution in [0.15, 0.2) is 18.5 Å². The first-order valence-electron chi connectivity index (χ1n) is 5.38. The molecule has 0 amide bonds. The lowest BCUT2D eigenvalue weighted by atomic mass is 10.1. The standard InChI is InChI=1S/C12H13N3OS/c1-7(2)9(16)10-8(3)15-12(17-10)11-13-5-4-6-14-11/h4-7H,1-3H3. The number of aryl methyl sites for hydroxylation is 1. The molecule has 2 heterocycles. The molecule has 5 heteroatoms. The second kappa shape index (κ2) is 4.71. The van der Waals surface area contributed by atoms with Gasteiger partial charge >= 0.3 is 0 Å². The summed E-state index contributed by atoms with van der Waals surface area (Å²) in [5.74, 6) is 0.685. The summed E-state index contributed by atoms with van der Waals surface area (Å²) in [5.41, 5.74) is 0.760. The molecule has 2 aromatic rings. The van der Waals surface area contributed by atoms with Crippen LogP contribution in [0.3, 0.4) is 0 Å². The summed E-state index contributed by atoms with van der Waals surface area (Å²) in [6.45, 7) is 5.62. The summed E-state index contributed by atoms with van der Waals surface area (Å²) in [5, 5.41) is 0.701. The van der Waals surface area contributed by atoms with Gasteiger partial charge in [-0.2, -0.15) is 0 Å². The minimum atomic E-state index is -0.0151. The monoisotopic (exact) mass is 247 g/mol. The molecule has 0 fully saturated rings. The highest BCUT2D eigenvalue weighted by Crippen LogP contribution is 2.26. The Morgan fingerprint density at radius 3 is 2.53 bits per heavy atom. The van der Waals surface area contributed by atoms with Crippen molar-refractivity contribution in [3.63, 3.8) is 0 Å². The van der Waals surface area contributed by atoms with E-state index in [9.17, 15) is 4.79 Å². The molecular formula is C12H13N3OS. The molecule has 17 heavy (non-hydrogen) atoms. The molecule has 0 unspecified atom stereocenters. The zero-order valence-corrected chi connectivity index (χ0v) is 10.8. The van der Waals surface area contributed by atoms with Crippen molar-refractivity contribution in [2.45, 2.75) is 20.8 Å². The zero-order valence-electron chi connectivity index (χ0n) is 9.97. The molecule has 2 aromatic heterocycles. The Kier molecular flexibility index (Phi) is 3.28. The Morgan fingerprint density at radius 2 is 1.94 bits per heavy atom. The van der Waals surface area contributed by atoms with Gasteiger partial charge in [-0.1, -0.05) is 13.8 Å². The Hall–Kier alpha value is -1.62. The number of carbonyl (C=O) groups is 1. The van der Waals surface area contributed by atoms with E-state index in [2.05, 4.69) is 15.0 Å². The number of carbonyl (C=O) groups excluding carboxylic acids is 1. The number of hydrogen-bond donors (Lipinski definition) is 0. The molecule has 2 rings (SSSR count). The molecule has 0 aliphatic carbocycles. The third-order valence-electron chi connectivity index (χ3n) is 2.30. The molecular weight excluding hydrogens is 234 g/mol. The fourth-order valence-electron chi connectivity index (χ4n) is 1.39. The maximum atomic E-state index is 11.9. The van der Waals surface area contributed by atoms with Crippen LogP contribution < -0.4 is 0 Å². The van der Waals surface area contributed by atoms with E-state index in [1.165, 1.54) is 11.3 Å². The summed E-state index contributed by atoms with van der Waals surface area (Å²) >= 11 is 1.36. The third kappa shape index (κ3) is 2.39. The van der Waals surface area contributed by atoms with Gasteiger partial charge in [0.1, 0.15) is 0 Å². The number of aromatic nitrogens is 3. The summed E-state index contributed by atoms with van der Waals surface area (Å²) in [6, 6.07) is 1.75. The highest BCUT2D eigenvalue weighted by molar-refractivity contribution is 7.17. The van der Waals surface area contributed by atoms with Crippen LogP contribution in [0.4, 0.5) is 0 Å². The zero-order chi connectivity index (χ0) is 12.4. The highest BCUT2D eigenvalue weighted by Gasteiger charge is 2.19. The number of Topliss-reactive ketones (excluding diaryl/α,β-unsaturated/α-hetero) is 1. The average molecular weight is 247 g/mol. The molecule has 88 valence electrons. The van der Waals surface area contributed by atoms with Crippen molar-refractivity contribution in [1.82, 2.24) is 15.0 Å². The predicted octanol–water partition coefficient (Wildman–Crippen LogP) is 2.75. The van der Waals surface area contributed by atoms with Gasteiger partial charge in [-0.3, -0.25) is 4.79 Å². The Morgan fingerprint density at radius 1 is 1.29 bits per heavy atom. The van der Waals surface area contributed by atoms with E-state index in [-0.39, 0.29) is 11.7 Å². The van der Waals surface area contributed by atoms with E-state index >= 15 is 0 Å². The predicted molar refractivity (Wildman–Crippen MR) is 67.0 cm³/mol. The Labute approximate surface area is 104 Å². The highest BCUT2D eigenvalue weighted by atomic mass is 32.1. The molecule has 0 saturated carbocycles. The van der Waals surface area contributed by atoms with Crippen molar-refractivity contribution < 1.29 is 4.79 Å². The molecule has 0 bridgehead atoms. The van der Waals surface area contributed by atoms with E-state index in [0.717, 1.165) is 5.69 Å². The molecule has 0 N–H and O–H groups in total. The first kappa shape index (κ1) is 11.9. The van der Waals surface area contributed by atoms with Crippen molar-refractivity contribution in [3.05, 3.63) is 29.0 Å². The molecule has 0 radical (unpaired) electrons. The van der Waals surface area contributed by atoms with Gasteiger partial charge in [0.2, 0.25) is 0 Å². The second-order valence-electron chi connectivity index (χ2n) is 4.02. The SMILES string of the molecule is Cc1nc(-c2ncccn2)sc1C(=O)C(C)C. The lowest BCUT2D eigenvalue weighted by molar-refractivity contribution is 0.0942. The topological polar surface area (TPSA) is 55.7 Å². The van der Waals surface area contributed by atoms with Crippen molar-refractivity contribution in [3.8, 4) is 10.8 Å². The first-order chi connectivity index (χ1) is 8.09. The number of hydrogen-bond acceptors (Lipinski definition) is 5. The van der Waals surface area contributed by atoms with Gasteiger partial charge in [-0.25, -0.2) is 15.0 Å². The number of thiazole rings is 1. The van der Waals surface area contributed by atoms with Crippen molar-refractivity contribution in [2.75, 3.05) is 0 Å². The number of rotatable bonds is 3. The number of nitrogens with zero attached hydrogens (tertiary/aromatic N) is 3. The smallest absolute Gasteiger partial charge is 0.188 e. The van der Waals surface area contributed by atoms with E-state index < -0.39 is 0 Å².